The van der Waals surface area contributed by atoms with Gasteiger partial charge in [0, 0.05) is 19.0 Å². The minimum Gasteiger partial charge on any atom is -0.393 e. The van der Waals surface area contributed by atoms with Gasteiger partial charge in [0.2, 0.25) is 5.92 Å². The van der Waals surface area contributed by atoms with Gasteiger partial charge in [0.25, 0.3) is 0 Å². The van der Waals surface area contributed by atoms with Crippen molar-refractivity contribution in [3.63, 3.8) is 0 Å². The van der Waals surface area contributed by atoms with Crippen molar-refractivity contribution in [2.75, 3.05) is 19.6 Å². The third kappa shape index (κ3) is 5.15. The fraction of sp³-hybridized carbons (Fsp3) is 0.852. The molecule has 3 aliphatic carbocycles. The zero-order valence-corrected chi connectivity index (χ0v) is 20.2. The summed E-state index contributed by atoms with van der Waals surface area (Å²) in [6.07, 6.45) is 12.2. The molecule has 0 spiro atoms. The van der Waals surface area contributed by atoms with Crippen LogP contribution in [0.2, 0.25) is 0 Å². The number of aliphatic hydroxyl groups is 2. The quantitative estimate of drug-likeness (QED) is 0.574. The van der Waals surface area contributed by atoms with Crippen LogP contribution in [0.1, 0.15) is 78.6 Å². The third-order valence-corrected chi connectivity index (χ3v) is 9.33. The van der Waals surface area contributed by atoms with Gasteiger partial charge in [0.15, 0.2) is 0 Å². The average Bonchev–Trinajstić information content (AvgIpc) is 3.29. The highest BCUT2D eigenvalue weighted by molar-refractivity contribution is 5.26. The van der Waals surface area contributed by atoms with E-state index in [1.54, 1.807) is 5.57 Å². The van der Waals surface area contributed by atoms with E-state index >= 15 is 0 Å². The predicted molar refractivity (Wildman–Crippen MR) is 125 cm³/mol. The molecule has 5 heteroatoms. The maximum Gasteiger partial charge on any atom is 0.249 e. The molecule has 3 nitrogen and oxygen atoms in total. The number of likely N-dealkylation sites (tertiary alicyclic amines) is 1. The van der Waals surface area contributed by atoms with Crippen LogP contribution in [0.3, 0.4) is 0 Å². The number of aliphatic hydroxyl groups excluding tert-OH is 2. The Morgan fingerprint density at radius 3 is 2.53 bits per heavy atom. The van der Waals surface area contributed by atoms with Crippen molar-refractivity contribution in [1.29, 1.82) is 0 Å². The van der Waals surface area contributed by atoms with Gasteiger partial charge < -0.3 is 15.1 Å². The summed E-state index contributed by atoms with van der Waals surface area (Å²) >= 11 is 0. The summed E-state index contributed by atoms with van der Waals surface area (Å²) in [5.74, 6) is -1.29. The Balaban J connectivity index is 1.41. The molecule has 0 aromatic rings. The lowest BCUT2D eigenvalue weighted by Gasteiger charge is -2.45. The number of alkyl halides is 2. The van der Waals surface area contributed by atoms with Crippen molar-refractivity contribution in [1.82, 2.24) is 4.90 Å². The van der Waals surface area contributed by atoms with E-state index in [0.717, 1.165) is 32.0 Å². The number of nitrogens with zero attached hydrogens (tertiary/aromatic N) is 1. The number of rotatable bonds is 5. The number of fused-ring (bicyclic) bond motifs is 1. The molecule has 4 rings (SSSR count). The van der Waals surface area contributed by atoms with E-state index in [9.17, 15) is 19.0 Å². The van der Waals surface area contributed by atoms with Crippen LogP contribution in [0.4, 0.5) is 8.78 Å². The second-order valence-corrected chi connectivity index (χ2v) is 11.8. The van der Waals surface area contributed by atoms with Gasteiger partial charge in [-0.25, -0.2) is 8.78 Å². The van der Waals surface area contributed by atoms with Crippen LogP contribution in [0.25, 0.3) is 0 Å². The van der Waals surface area contributed by atoms with Gasteiger partial charge in [-0.3, -0.25) is 0 Å². The van der Waals surface area contributed by atoms with E-state index in [1.165, 1.54) is 25.7 Å². The first-order chi connectivity index (χ1) is 15.1. The number of allylic oxidation sites excluding steroid dienone is 3. The van der Waals surface area contributed by atoms with E-state index < -0.39 is 24.0 Å². The third-order valence-electron chi connectivity index (χ3n) is 9.33. The molecule has 1 saturated heterocycles. The van der Waals surface area contributed by atoms with Crippen LogP contribution in [0.15, 0.2) is 23.3 Å². The summed E-state index contributed by atoms with van der Waals surface area (Å²) in [4.78, 5) is 2.28. The van der Waals surface area contributed by atoms with Crippen LogP contribution >= 0.6 is 0 Å². The number of hydrogen-bond acceptors (Lipinski definition) is 3. The molecule has 7 atom stereocenters. The Hall–Kier alpha value is -0.780. The van der Waals surface area contributed by atoms with Crippen LogP contribution < -0.4 is 0 Å². The van der Waals surface area contributed by atoms with Crippen LogP contribution in [-0.4, -0.2) is 52.9 Å². The lowest BCUT2D eigenvalue weighted by Crippen LogP contribution is -2.40. The average molecular weight is 452 g/mol. The Bertz CT molecular complexity index is 718. The van der Waals surface area contributed by atoms with E-state index in [0.29, 0.717) is 55.4 Å². The largest absolute Gasteiger partial charge is 0.393 e. The first-order valence-corrected chi connectivity index (χ1v) is 12.9. The summed E-state index contributed by atoms with van der Waals surface area (Å²) in [6.45, 7) is 8.19. The second kappa shape index (κ2) is 9.46. The Kier molecular flexibility index (Phi) is 7.20. The minimum atomic E-state index is -2.57. The molecule has 2 N–H and O–H groups in total. The molecular weight excluding hydrogens is 408 g/mol. The van der Waals surface area contributed by atoms with Crippen molar-refractivity contribution in [2.45, 2.75) is 96.7 Å². The molecule has 0 amide bonds. The summed E-state index contributed by atoms with van der Waals surface area (Å²) in [5, 5.41) is 20.0. The smallest absolute Gasteiger partial charge is 0.249 e. The van der Waals surface area contributed by atoms with Crippen molar-refractivity contribution in [3.05, 3.63) is 23.3 Å². The molecule has 1 heterocycles. The highest BCUT2D eigenvalue weighted by Gasteiger charge is 2.51. The van der Waals surface area contributed by atoms with Crippen molar-refractivity contribution in [3.8, 4) is 0 Å². The standard InChI is InChI=1S/C27H43F2NO2/c1-18(16-30-12-10-21(17-30)27(3,28)29)24-8-9-25-20(5-4-11-26(24,25)2)7-6-19-13-22(31)15-23(32)14-19/h6-7,18,21-25,31-32H,4-5,8-17H2,1-3H3/b19-6-,20-7+/t18-,21+,22+,23-,24+,25-,26+/m0/s1. The van der Waals surface area contributed by atoms with Gasteiger partial charge in [-0.05, 0) is 94.4 Å². The fourth-order valence-corrected chi connectivity index (χ4v) is 7.69. The van der Waals surface area contributed by atoms with E-state index in [1.807, 2.05) is 0 Å². The lowest BCUT2D eigenvalue weighted by molar-refractivity contribution is -0.0360. The number of halogens is 2. The van der Waals surface area contributed by atoms with Gasteiger partial charge in [-0.1, -0.05) is 37.1 Å². The Morgan fingerprint density at radius 1 is 1.16 bits per heavy atom. The van der Waals surface area contributed by atoms with E-state index in [2.05, 4.69) is 30.9 Å². The topological polar surface area (TPSA) is 43.7 Å². The summed E-state index contributed by atoms with van der Waals surface area (Å²) in [5.41, 5.74) is 3.00. The van der Waals surface area contributed by atoms with Crippen molar-refractivity contribution in [2.24, 2.45) is 29.1 Å². The zero-order valence-electron chi connectivity index (χ0n) is 20.2. The molecule has 0 unspecified atom stereocenters. The molecule has 1 aliphatic heterocycles. The maximum absolute atomic E-state index is 13.7. The van der Waals surface area contributed by atoms with Crippen LogP contribution in [-0.2, 0) is 0 Å². The normalized spacial score (nSPS) is 42.5. The number of hydrogen-bond donors (Lipinski definition) is 2. The van der Waals surface area contributed by atoms with Gasteiger partial charge in [-0.15, -0.1) is 0 Å². The van der Waals surface area contributed by atoms with Gasteiger partial charge in [-0.2, -0.15) is 0 Å². The minimum absolute atomic E-state index is 0.293. The van der Waals surface area contributed by atoms with E-state index in [-0.39, 0.29) is 0 Å². The molecule has 32 heavy (non-hydrogen) atoms. The molecule has 4 aliphatic rings. The fourth-order valence-electron chi connectivity index (χ4n) is 7.69. The van der Waals surface area contributed by atoms with Gasteiger partial charge in [0.1, 0.15) is 0 Å². The van der Waals surface area contributed by atoms with Crippen molar-refractivity contribution >= 4 is 0 Å². The summed E-state index contributed by atoms with van der Waals surface area (Å²) in [6, 6.07) is 0. The molecule has 0 radical (unpaired) electrons. The highest BCUT2D eigenvalue weighted by atomic mass is 19.3. The SMILES string of the molecule is C[C@@H](CN1CC[C@@H](C(C)(F)F)C1)[C@H]1CC[C@H]2/C(=C/C=C3/C[C@@H](O)C[C@@H](O)C3)CCC[C@]12C. The van der Waals surface area contributed by atoms with Gasteiger partial charge in [0.05, 0.1) is 12.2 Å². The Morgan fingerprint density at radius 2 is 1.88 bits per heavy atom. The molecule has 4 fully saturated rings. The van der Waals surface area contributed by atoms with Crippen LogP contribution in [0.5, 0.6) is 0 Å². The van der Waals surface area contributed by atoms with Crippen molar-refractivity contribution < 1.29 is 19.0 Å². The van der Waals surface area contributed by atoms with E-state index in [4.69, 9.17) is 0 Å². The van der Waals surface area contributed by atoms with Crippen LogP contribution in [0, 0.1) is 29.1 Å². The lowest BCUT2D eigenvalue weighted by atomic mass is 9.61. The first-order valence-electron chi connectivity index (χ1n) is 12.9. The predicted octanol–water partition coefficient (Wildman–Crippen LogP) is 5.57. The highest BCUT2D eigenvalue weighted by Crippen LogP contribution is 2.59. The molecule has 0 bridgehead atoms. The molecular formula is C27H43F2NO2. The zero-order chi connectivity index (χ0) is 23.1. The second-order valence-electron chi connectivity index (χ2n) is 11.8. The summed E-state index contributed by atoms with van der Waals surface area (Å²) in [7, 11) is 0. The molecule has 3 saturated carbocycles. The maximum atomic E-state index is 13.7. The molecule has 0 aromatic carbocycles. The first kappa shape index (κ1) is 24.3. The molecule has 182 valence electrons. The Labute approximate surface area is 193 Å². The summed E-state index contributed by atoms with van der Waals surface area (Å²) < 4.78 is 27.5. The molecule has 0 aromatic heterocycles. The van der Waals surface area contributed by atoms with Gasteiger partial charge >= 0.3 is 0 Å². The monoisotopic (exact) mass is 451 g/mol.